The third kappa shape index (κ3) is 3.40. The van der Waals surface area contributed by atoms with Crippen molar-refractivity contribution in [3.05, 3.63) is 23.5 Å². The molecule has 0 spiro atoms. The maximum atomic E-state index is 13.7. The molecule has 8 heteroatoms. The molecular formula is C12H12F3N3O2. The Morgan fingerprint density at radius 2 is 2.10 bits per heavy atom. The normalized spacial score (nSPS) is 13.7. The van der Waals surface area contributed by atoms with Gasteiger partial charge in [0.2, 0.25) is 5.91 Å². The van der Waals surface area contributed by atoms with Gasteiger partial charge in [-0.25, -0.2) is 18.0 Å². The van der Waals surface area contributed by atoms with E-state index in [2.05, 4.69) is 10.6 Å². The van der Waals surface area contributed by atoms with Crippen molar-refractivity contribution in [1.29, 1.82) is 0 Å². The fourth-order valence-corrected chi connectivity index (χ4v) is 1.83. The van der Waals surface area contributed by atoms with E-state index < -0.39 is 24.8 Å². The number of hydrogen-bond acceptors (Lipinski definition) is 2. The molecule has 1 heterocycles. The van der Waals surface area contributed by atoms with Crippen molar-refractivity contribution in [3.8, 4) is 0 Å². The summed E-state index contributed by atoms with van der Waals surface area (Å²) in [6.07, 6.45) is -1.98. The summed E-state index contributed by atoms with van der Waals surface area (Å²) in [5.74, 6) is -0.953. The standard InChI is InChI=1S/C12H12F3N3O2/c13-7-4-8-6(1-2-11(19)17-8)3-9(7)18-12(20)16-5-10(14)15/h3-4,10H,1-2,5H2,(H,17,19)(H2,16,18,20). The van der Waals surface area contributed by atoms with Gasteiger partial charge in [-0.05, 0) is 24.1 Å². The number of nitrogens with one attached hydrogen (secondary N) is 3. The molecule has 108 valence electrons. The van der Waals surface area contributed by atoms with Crippen LogP contribution in [-0.2, 0) is 11.2 Å². The van der Waals surface area contributed by atoms with E-state index >= 15 is 0 Å². The van der Waals surface area contributed by atoms with Gasteiger partial charge in [-0.1, -0.05) is 0 Å². The Balaban J connectivity index is 2.09. The van der Waals surface area contributed by atoms with E-state index in [9.17, 15) is 22.8 Å². The Morgan fingerprint density at radius 3 is 2.80 bits per heavy atom. The molecule has 1 aliphatic rings. The lowest BCUT2D eigenvalue weighted by molar-refractivity contribution is -0.116. The number of urea groups is 1. The molecule has 3 amide bonds. The molecule has 20 heavy (non-hydrogen) atoms. The van der Waals surface area contributed by atoms with Crippen LogP contribution in [-0.4, -0.2) is 24.9 Å². The number of fused-ring (bicyclic) bond motifs is 1. The van der Waals surface area contributed by atoms with Crippen LogP contribution >= 0.6 is 0 Å². The smallest absolute Gasteiger partial charge is 0.319 e. The third-order valence-corrected chi connectivity index (χ3v) is 2.75. The quantitative estimate of drug-likeness (QED) is 0.796. The van der Waals surface area contributed by atoms with Gasteiger partial charge in [0.1, 0.15) is 5.82 Å². The minimum absolute atomic E-state index is 0.119. The van der Waals surface area contributed by atoms with E-state index in [1.54, 1.807) is 0 Å². The first-order valence-corrected chi connectivity index (χ1v) is 5.91. The third-order valence-electron chi connectivity index (χ3n) is 2.75. The summed E-state index contributed by atoms with van der Waals surface area (Å²) < 4.78 is 37.6. The lowest BCUT2D eigenvalue weighted by atomic mass is 10.0. The van der Waals surface area contributed by atoms with Crippen LogP contribution in [0.25, 0.3) is 0 Å². The Bertz CT molecular complexity index is 549. The molecule has 0 saturated carbocycles. The van der Waals surface area contributed by atoms with Crippen LogP contribution < -0.4 is 16.0 Å². The first-order valence-electron chi connectivity index (χ1n) is 5.91. The van der Waals surface area contributed by atoms with Crippen molar-refractivity contribution in [1.82, 2.24) is 5.32 Å². The van der Waals surface area contributed by atoms with Crippen LogP contribution in [0.5, 0.6) is 0 Å². The Labute approximate surface area is 112 Å². The van der Waals surface area contributed by atoms with Crippen LogP contribution in [0, 0.1) is 5.82 Å². The van der Waals surface area contributed by atoms with Crippen molar-refractivity contribution < 1.29 is 22.8 Å². The summed E-state index contributed by atoms with van der Waals surface area (Å²) in [5, 5.41) is 6.58. The SMILES string of the molecule is O=C1CCc2cc(NC(=O)NCC(F)F)c(F)cc2N1. The van der Waals surface area contributed by atoms with Crippen molar-refractivity contribution in [2.24, 2.45) is 0 Å². The maximum Gasteiger partial charge on any atom is 0.319 e. The molecule has 1 aromatic rings. The summed E-state index contributed by atoms with van der Waals surface area (Å²) in [7, 11) is 0. The maximum absolute atomic E-state index is 13.7. The van der Waals surface area contributed by atoms with Gasteiger partial charge in [0.05, 0.1) is 12.2 Å². The Morgan fingerprint density at radius 1 is 1.35 bits per heavy atom. The number of amides is 3. The van der Waals surface area contributed by atoms with Crippen LogP contribution in [0.15, 0.2) is 12.1 Å². The molecule has 0 radical (unpaired) electrons. The lowest BCUT2D eigenvalue weighted by Crippen LogP contribution is -2.33. The molecule has 0 bridgehead atoms. The molecule has 1 aliphatic heterocycles. The summed E-state index contributed by atoms with van der Waals surface area (Å²) in [4.78, 5) is 22.5. The van der Waals surface area contributed by atoms with Crippen molar-refractivity contribution in [2.45, 2.75) is 19.3 Å². The van der Waals surface area contributed by atoms with Gasteiger partial charge in [0.15, 0.2) is 0 Å². The van der Waals surface area contributed by atoms with Gasteiger partial charge >= 0.3 is 6.03 Å². The van der Waals surface area contributed by atoms with Gasteiger partial charge in [0, 0.05) is 12.1 Å². The fourth-order valence-electron chi connectivity index (χ4n) is 1.83. The van der Waals surface area contributed by atoms with E-state index in [1.165, 1.54) is 6.07 Å². The molecule has 0 atom stereocenters. The Hall–Kier alpha value is -2.25. The number of rotatable bonds is 3. The van der Waals surface area contributed by atoms with Gasteiger partial charge in [0.25, 0.3) is 6.43 Å². The fraction of sp³-hybridized carbons (Fsp3) is 0.333. The second kappa shape index (κ2) is 5.81. The minimum atomic E-state index is -2.68. The van der Waals surface area contributed by atoms with E-state index in [4.69, 9.17) is 0 Å². The Kier molecular flexibility index (Phi) is 4.11. The van der Waals surface area contributed by atoms with Crippen LogP contribution in [0.1, 0.15) is 12.0 Å². The molecule has 5 nitrogen and oxygen atoms in total. The van der Waals surface area contributed by atoms with Gasteiger partial charge < -0.3 is 16.0 Å². The number of carbonyl (C=O) groups is 2. The molecule has 3 N–H and O–H groups in total. The topological polar surface area (TPSA) is 70.2 Å². The predicted molar refractivity (Wildman–Crippen MR) is 66.4 cm³/mol. The van der Waals surface area contributed by atoms with Gasteiger partial charge in [-0.2, -0.15) is 0 Å². The molecule has 0 fully saturated rings. The first-order chi connectivity index (χ1) is 9.45. The highest BCUT2D eigenvalue weighted by Gasteiger charge is 2.18. The molecular weight excluding hydrogens is 275 g/mol. The number of hydrogen-bond donors (Lipinski definition) is 3. The zero-order chi connectivity index (χ0) is 14.7. The van der Waals surface area contributed by atoms with Gasteiger partial charge in [-0.3, -0.25) is 4.79 Å². The lowest BCUT2D eigenvalue weighted by Gasteiger charge is -2.18. The highest BCUT2D eigenvalue weighted by Crippen LogP contribution is 2.28. The van der Waals surface area contributed by atoms with Crippen LogP contribution in [0.4, 0.5) is 29.3 Å². The molecule has 0 saturated heterocycles. The zero-order valence-electron chi connectivity index (χ0n) is 10.3. The summed E-state index contributed by atoms with van der Waals surface area (Å²) in [6, 6.07) is 1.56. The van der Waals surface area contributed by atoms with E-state index in [-0.39, 0.29) is 18.0 Å². The summed E-state index contributed by atoms with van der Waals surface area (Å²) in [5.41, 5.74) is 0.916. The highest BCUT2D eigenvalue weighted by atomic mass is 19.3. The van der Waals surface area contributed by atoms with Crippen molar-refractivity contribution in [2.75, 3.05) is 17.2 Å². The number of anilines is 2. The van der Waals surface area contributed by atoms with Gasteiger partial charge in [-0.15, -0.1) is 0 Å². The molecule has 1 aromatic carbocycles. The van der Waals surface area contributed by atoms with E-state index in [0.717, 1.165) is 6.07 Å². The van der Waals surface area contributed by atoms with Crippen molar-refractivity contribution in [3.63, 3.8) is 0 Å². The second-order valence-corrected chi connectivity index (χ2v) is 4.26. The zero-order valence-corrected chi connectivity index (χ0v) is 10.3. The molecule has 2 rings (SSSR count). The number of halogens is 3. The molecule has 0 unspecified atom stereocenters. The molecule has 0 aliphatic carbocycles. The van der Waals surface area contributed by atoms with Crippen LogP contribution in [0.3, 0.4) is 0 Å². The van der Waals surface area contributed by atoms with E-state index in [1.807, 2.05) is 5.32 Å². The highest BCUT2D eigenvalue weighted by molar-refractivity contribution is 5.95. The number of benzene rings is 1. The summed E-state index contributed by atoms with van der Waals surface area (Å²) in [6.45, 7) is -0.811. The average Bonchev–Trinajstić information content (AvgIpc) is 2.37. The predicted octanol–water partition coefficient (Wildman–Crippen LogP) is 2.10. The van der Waals surface area contributed by atoms with E-state index in [0.29, 0.717) is 17.7 Å². The summed E-state index contributed by atoms with van der Waals surface area (Å²) >= 11 is 0. The largest absolute Gasteiger partial charge is 0.332 e. The second-order valence-electron chi connectivity index (χ2n) is 4.26. The van der Waals surface area contributed by atoms with Crippen molar-refractivity contribution >= 4 is 23.3 Å². The minimum Gasteiger partial charge on any atom is -0.332 e. The average molecular weight is 287 g/mol. The van der Waals surface area contributed by atoms with Crippen LogP contribution in [0.2, 0.25) is 0 Å². The monoisotopic (exact) mass is 287 g/mol. The number of alkyl halides is 2. The number of aryl methyl sites for hydroxylation is 1. The molecule has 0 aromatic heterocycles. The first kappa shape index (κ1) is 14.2. The number of carbonyl (C=O) groups excluding carboxylic acids is 2.